The predicted octanol–water partition coefficient (Wildman–Crippen LogP) is 5.87. The van der Waals surface area contributed by atoms with Crippen molar-refractivity contribution in [2.24, 2.45) is 0 Å². The van der Waals surface area contributed by atoms with Crippen molar-refractivity contribution in [3.8, 4) is 5.75 Å². The zero-order valence-corrected chi connectivity index (χ0v) is 20.7. The third-order valence-electron chi connectivity index (χ3n) is 5.67. The average molecular weight is 552 g/mol. The van der Waals surface area contributed by atoms with Crippen molar-refractivity contribution in [1.82, 2.24) is 9.21 Å². The van der Waals surface area contributed by atoms with Crippen LogP contribution >= 0.6 is 11.3 Å². The fraction of sp³-hybridized carbons (Fsp3) is 0.391. The van der Waals surface area contributed by atoms with Crippen LogP contribution in [0.1, 0.15) is 11.1 Å². The van der Waals surface area contributed by atoms with Gasteiger partial charge in [0.25, 0.3) is 0 Å². The van der Waals surface area contributed by atoms with Crippen LogP contribution in [0.4, 0.5) is 31.3 Å². The van der Waals surface area contributed by atoms with E-state index in [1.807, 2.05) is 31.2 Å². The van der Waals surface area contributed by atoms with Crippen LogP contribution in [0.2, 0.25) is 0 Å². The number of fused-ring (bicyclic) bond motifs is 1. The standard InChI is InChI=1S/C23H23F6N3O2S2/c1-16-19-4-2-3-5-20(19)35-21(16)32(14-17-6-8-18(9-7-17)34-23(27,28)29)36(33)31-12-10-30(11-13-31)15-22(24,25)26/h2-9H,10-15H2,1H3. The highest BCUT2D eigenvalue weighted by molar-refractivity contribution is 7.84. The van der Waals surface area contributed by atoms with E-state index in [0.29, 0.717) is 5.56 Å². The molecule has 196 valence electrons. The monoisotopic (exact) mass is 551 g/mol. The minimum absolute atomic E-state index is 0.119. The maximum atomic E-state index is 13.7. The number of ether oxygens (including phenoxy) is 1. The molecule has 36 heavy (non-hydrogen) atoms. The Hall–Kier alpha value is -2.35. The van der Waals surface area contributed by atoms with Crippen molar-refractivity contribution >= 4 is 37.6 Å². The second-order valence-electron chi connectivity index (χ2n) is 8.31. The summed E-state index contributed by atoms with van der Waals surface area (Å²) < 4.78 is 97.7. The van der Waals surface area contributed by atoms with Crippen molar-refractivity contribution in [3.05, 3.63) is 59.7 Å². The third-order valence-corrected chi connectivity index (χ3v) is 8.58. The highest BCUT2D eigenvalue weighted by Gasteiger charge is 2.34. The van der Waals surface area contributed by atoms with Gasteiger partial charge in [0.1, 0.15) is 10.8 Å². The van der Waals surface area contributed by atoms with Gasteiger partial charge in [-0.2, -0.15) is 13.2 Å². The SMILES string of the molecule is Cc1c(N(Cc2ccc(OC(F)(F)F)cc2)S(=O)N2CCN(CC(F)(F)F)CC2)sc2ccccc12. The van der Waals surface area contributed by atoms with E-state index in [-0.39, 0.29) is 38.5 Å². The summed E-state index contributed by atoms with van der Waals surface area (Å²) in [6, 6.07) is 13.0. The molecule has 1 saturated heterocycles. The molecule has 1 fully saturated rings. The molecule has 13 heteroatoms. The highest BCUT2D eigenvalue weighted by atomic mass is 32.2. The summed E-state index contributed by atoms with van der Waals surface area (Å²) in [7, 11) is 0. The van der Waals surface area contributed by atoms with E-state index in [0.717, 1.165) is 20.7 Å². The first-order chi connectivity index (χ1) is 16.9. The number of nitrogens with zero attached hydrogens (tertiary/aromatic N) is 3. The molecular weight excluding hydrogens is 528 g/mol. The van der Waals surface area contributed by atoms with Gasteiger partial charge in [0, 0.05) is 30.9 Å². The largest absolute Gasteiger partial charge is 0.573 e. The number of rotatable bonds is 7. The highest BCUT2D eigenvalue weighted by Crippen LogP contribution is 2.39. The molecule has 0 spiro atoms. The maximum Gasteiger partial charge on any atom is 0.573 e. The Balaban J connectivity index is 1.58. The molecule has 2 heterocycles. The first-order valence-electron chi connectivity index (χ1n) is 11.0. The fourth-order valence-electron chi connectivity index (χ4n) is 4.00. The number of anilines is 1. The van der Waals surface area contributed by atoms with Gasteiger partial charge in [-0.3, -0.25) is 9.21 Å². The third kappa shape index (κ3) is 6.69. The van der Waals surface area contributed by atoms with Crippen molar-refractivity contribution in [2.45, 2.75) is 26.0 Å². The minimum Gasteiger partial charge on any atom is -0.406 e. The van der Waals surface area contributed by atoms with Crippen LogP contribution in [0.3, 0.4) is 0 Å². The van der Waals surface area contributed by atoms with E-state index < -0.39 is 30.3 Å². The number of alkyl halides is 6. The van der Waals surface area contributed by atoms with E-state index in [2.05, 4.69) is 4.74 Å². The zero-order valence-electron chi connectivity index (χ0n) is 19.1. The van der Waals surface area contributed by atoms with Crippen molar-refractivity contribution in [3.63, 3.8) is 0 Å². The number of piperazine rings is 1. The molecule has 0 aliphatic carbocycles. The molecule has 0 radical (unpaired) electrons. The summed E-state index contributed by atoms with van der Waals surface area (Å²) in [5.41, 5.74) is 1.50. The van der Waals surface area contributed by atoms with E-state index in [1.54, 1.807) is 8.61 Å². The van der Waals surface area contributed by atoms with Crippen LogP contribution in [0.25, 0.3) is 10.1 Å². The van der Waals surface area contributed by atoms with E-state index in [4.69, 9.17) is 0 Å². The van der Waals surface area contributed by atoms with E-state index in [1.165, 1.54) is 40.5 Å². The molecule has 2 aromatic carbocycles. The molecule has 3 aromatic rings. The Morgan fingerprint density at radius 2 is 1.61 bits per heavy atom. The van der Waals surface area contributed by atoms with Gasteiger partial charge in [0.15, 0.2) is 11.2 Å². The first kappa shape index (κ1) is 26.7. The van der Waals surface area contributed by atoms with Crippen LogP contribution in [0, 0.1) is 6.92 Å². The number of halogens is 6. The van der Waals surface area contributed by atoms with Crippen LogP contribution in [-0.2, 0) is 17.7 Å². The second kappa shape index (κ2) is 10.6. The van der Waals surface area contributed by atoms with E-state index in [9.17, 15) is 30.6 Å². The lowest BCUT2D eigenvalue weighted by molar-refractivity contribution is -0.274. The van der Waals surface area contributed by atoms with Gasteiger partial charge in [0.2, 0.25) is 0 Å². The quantitative estimate of drug-likeness (QED) is 0.345. The van der Waals surface area contributed by atoms with Crippen molar-refractivity contribution in [2.75, 3.05) is 37.0 Å². The predicted molar refractivity (Wildman–Crippen MR) is 128 cm³/mol. The maximum absolute atomic E-state index is 13.7. The molecule has 0 amide bonds. The van der Waals surface area contributed by atoms with Gasteiger partial charge in [-0.25, -0.2) is 8.51 Å². The zero-order chi connectivity index (χ0) is 26.1. The lowest BCUT2D eigenvalue weighted by atomic mass is 10.2. The smallest absolute Gasteiger partial charge is 0.406 e. The molecule has 0 saturated carbocycles. The molecule has 1 atom stereocenters. The number of hydrogen-bond donors (Lipinski definition) is 0. The van der Waals surface area contributed by atoms with Gasteiger partial charge in [0.05, 0.1) is 13.1 Å². The lowest BCUT2D eigenvalue weighted by Gasteiger charge is -2.36. The van der Waals surface area contributed by atoms with Crippen molar-refractivity contribution < 1.29 is 35.3 Å². The van der Waals surface area contributed by atoms with Gasteiger partial charge in [-0.05, 0) is 41.6 Å². The van der Waals surface area contributed by atoms with Gasteiger partial charge in [-0.15, -0.1) is 24.5 Å². The first-order valence-corrected chi connectivity index (χ1v) is 12.8. The van der Waals surface area contributed by atoms with E-state index >= 15 is 0 Å². The molecule has 0 bridgehead atoms. The molecule has 1 unspecified atom stereocenters. The summed E-state index contributed by atoms with van der Waals surface area (Å²) in [5.74, 6) is -0.363. The Labute approximate surface area is 210 Å². The molecule has 4 rings (SSSR count). The van der Waals surface area contributed by atoms with Gasteiger partial charge < -0.3 is 4.74 Å². The molecule has 1 aliphatic rings. The number of thiophene rings is 1. The molecule has 5 nitrogen and oxygen atoms in total. The lowest BCUT2D eigenvalue weighted by Crippen LogP contribution is -2.52. The molecule has 1 aliphatic heterocycles. The normalized spacial score (nSPS) is 16.9. The summed E-state index contributed by atoms with van der Waals surface area (Å²) in [6.07, 6.45) is -9.11. The number of benzene rings is 2. The average Bonchev–Trinajstić information content (AvgIpc) is 3.13. The van der Waals surface area contributed by atoms with Gasteiger partial charge in [-0.1, -0.05) is 30.3 Å². The topological polar surface area (TPSA) is 36.0 Å². The molecule has 0 N–H and O–H groups in total. The molecule has 1 aromatic heterocycles. The van der Waals surface area contributed by atoms with Crippen molar-refractivity contribution in [1.29, 1.82) is 0 Å². The Kier molecular flexibility index (Phi) is 7.83. The molecular formula is C23H23F6N3O2S2. The summed E-state index contributed by atoms with van der Waals surface area (Å²) in [5, 5.41) is 1.71. The summed E-state index contributed by atoms with van der Waals surface area (Å²) in [4.78, 5) is 1.28. The Morgan fingerprint density at radius 3 is 2.19 bits per heavy atom. The van der Waals surface area contributed by atoms with Gasteiger partial charge >= 0.3 is 12.5 Å². The second-order valence-corrected chi connectivity index (χ2v) is 10.8. The summed E-state index contributed by atoms with van der Waals surface area (Å²) in [6.45, 7) is 1.61. The van der Waals surface area contributed by atoms with Crippen LogP contribution in [0.15, 0.2) is 48.5 Å². The Morgan fingerprint density at radius 1 is 0.972 bits per heavy atom. The number of aryl methyl sites for hydroxylation is 1. The van der Waals surface area contributed by atoms with Crippen LogP contribution in [0.5, 0.6) is 5.75 Å². The minimum atomic E-state index is -4.81. The fourth-order valence-corrected chi connectivity index (χ4v) is 6.71. The van der Waals surface area contributed by atoms with Crippen LogP contribution in [-0.4, -0.2) is 58.7 Å². The van der Waals surface area contributed by atoms with Crippen LogP contribution < -0.4 is 9.04 Å². The Bertz CT molecular complexity index is 1210. The summed E-state index contributed by atoms with van der Waals surface area (Å²) >= 11 is -0.297. The number of hydrogen-bond acceptors (Lipinski definition) is 4.